The van der Waals surface area contributed by atoms with E-state index < -0.39 is 28.5 Å². The number of aromatic hydroxyl groups is 1. The van der Waals surface area contributed by atoms with Crippen LogP contribution in [0, 0.1) is 0 Å². The first kappa shape index (κ1) is 17.8. The van der Waals surface area contributed by atoms with Gasteiger partial charge in [-0.15, -0.1) is 0 Å². The summed E-state index contributed by atoms with van der Waals surface area (Å²) in [5.74, 6) is -0.538. The minimum absolute atomic E-state index is 0.124. The largest absolute Gasteiger partial charge is 0.505 e. The Balaban J connectivity index is 2.05. The number of fused-ring (bicyclic) bond motifs is 1. The van der Waals surface area contributed by atoms with Gasteiger partial charge in [0.1, 0.15) is 5.69 Å². The molecule has 26 heavy (non-hydrogen) atoms. The summed E-state index contributed by atoms with van der Waals surface area (Å²) >= 11 is 11.9. The molecule has 0 aliphatic rings. The molecular weight excluding hydrogens is 381 g/mol. The van der Waals surface area contributed by atoms with Crippen molar-refractivity contribution in [3.05, 3.63) is 73.1 Å². The second kappa shape index (κ2) is 7.07. The minimum atomic E-state index is -1.10. The number of rotatable bonds is 2. The number of nitrogens with one attached hydrogen (secondary N) is 3. The Morgan fingerprint density at radius 2 is 1.54 bits per heavy atom. The lowest BCUT2D eigenvalue weighted by Crippen LogP contribution is -2.30. The minimum Gasteiger partial charge on any atom is -0.505 e. The molecule has 0 spiro atoms. The fourth-order valence-corrected chi connectivity index (χ4v) is 2.82. The number of amides is 2. The maximum Gasteiger partial charge on any atom is 0.323 e. The first-order valence-corrected chi connectivity index (χ1v) is 8.04. The maximum atomic E-state index is 12.2. The Kier molecular flexibility index (Phi) is 4.83. The zero-order valence-electron chi connectivity index (χ0n) is 13.0. The zero-order chi connectivity index (χ0) is 18.8. The lowest BCUT2D eigenvalue weighted by atomic mass is 10.2. The molecule has 0 unspecified atom stereocenters. The molecule has 0 aliphatic carbocycles. The van der Waals surface area contributed by atoms with Crippen LogP contribution in [0.2, 0.25) is 10.0 Å². The molecule has 132 valence electrons. The van der Waals surface area contributed by atoms with E-state index in [9.17, 15) is 19.5 Å². The highest BCUT2D eigenvalue weighted by Gasteiger charge is 2.16. The predicted octanol–water partition coefficient (Wildman–Crippen LogP) is 3.54. The predicted molar refractivity (Wildman–Crippen MR) is 102 cm³/mol. The Morgan fingerprint density at radius 1 is 0.923 bits per heavy atom. The quantitative estimate of drug-likeness (QED) is 0.500. The molecule has 0 bridgehead atoms. The number of halogens is 2. The third-order valence-electron chi connectivity index (χ3n) is 3.54. The van der Waals surface area contributed by atoms with Crippen molar-refractivity contribution >= 4 is 51.5 Å². The van der Waals surface area contributed by atoms with Crippen molar-refractivity contribution < 1.29 is 9.90 Å². The average molecular weight is 392 g/mol. The number of carbonyl (C=O) groups excluding carboxylic acids is 1. The van der Waals surface area contributed by atoms with Crippen molar-refractivity contribution in [2.24, 2.45) is 0 Å². The first-order valence-electron chi connectivity index (χ1n) is 7.29. The van der Waals surface area contributed by atoms with Crippen molar-refractivity contribution in [1.29, 1.82) is 0 Å². The van der Waals surface area contributed by atoms with Crippen LogP contribution < -0.4 is 21.6 Å². The molecule has 1 aromatic heterocycles. The van der Waals surface area contributed by atoms with E-state index in [1.807, 2.05) is 0 Å². The van der Waals surface area contributed by atoms with E-state index in [0.29, 0.717) is 0 Å². The van der Waals surface area contributed by atoms with Crippen LogP contribution in [0.15, 0.2) is 52.1 Å². The molecule has 0 fully saturated rings. The van der Waals surface area contributed by atoms with E-state index in [0.717, 1.165) is 0 Å². The van der Waals surface area contributed by atoms with Gasteiger partial charge in [-0.05, 0) is 24.3 Å². The first-order chi connectivity index (χ1) is 12.4. The summed E-state index contributed by atoms with van der Waals surface area (Å²) in [6.07, 6.45) is 0. The number of urea groups is 1. The van der Waals surface area contributed by atoms with Gasteiger partial charge in [-0.2, -0.15) is 0 Å². The summed E-state index contributed by atoms with van der Waals surface area (Å²) < 4.78 is 0. The van der Waals surface area contributed by atoms with Gasteiger partial charge in [0.05, 0.1) is 21.2 Å². The summed E-state index contributed by atoms with van der Waals surface area (Å²) in [4.78, 5) is 38.8. The average Bonchev–Trinajstić information content (AvgIpc) is 2.69. The van der Waals surface area contributed by atoms with E-state index in [-0.39, 0.29) is 26.6 Å². The highest BCUT2D eigenvalue weighted by molar-refractivity contribution is 6.39. The molecule has 0 saturated heterocycles. The Bertz CT molecular complexity index is 1120. The number of benzene rings is 2. The maximum absolute atomic E-state index is 12.2. The molecular formula is C17H11Cl2N3O4. The molecule has 2 amide bonds. The molecule has 0 atom stereocenters. The number of anilines is 2. The second-order valence-corrected chi connectivity index (χ2v) is 6.04. The number of aromatic amines is 1. The molecule has 3 aromatic rings. The number of aromatic nitrogens is 1. The van der Waals surface area contributed by atoms with Gasteiger partial charge in [0, 0.05) is 5.39 Å². The number of hydrogen-bond acceptors (Lipinski definition) is 4. The third kappa shape index (κ3) is 3.35. The van der Waals surface area contributed by atoms with E-state index in [4.69, 9.17) is 23.2 Å². The molecule has 2 aromatic carbocycles. The van der Waals surface area contributed by atoms with Gasteiger partial charge in [0.15, 0.2) is 5.75 Å². The van der Waals surface area contributed by atoms with Gasteiger partial charge in [0.25, 0.3) is 11.0 Å². The summed E-state index contributed by atoms with van der Waals surface area (Å²) in [5.41, 5.74) is -2.28. The number of carbonyl (C=O) groups is 1. The topological polar surface area (TPSA) is 111 Å². The highest BCUT2D eigenvalue weighted by Crippen LogP contribution is 2.30. The summed E-state index contributed by atoms with van der Waals surface area (Å²) in [6, 6.07) is 9.97. The van der Waals surface area contributed by atoms with Crippen LogP contribution in [0.1, 0.15) is 0 Å². The molecule has 4 N–H and O–H groups in total. The van der Waals surface area contributed by atoms with E-state index >= 15 is 0 Å². The lowest BCUT2D eigenvalue weighted by molar-refractivity contribution is 0.262. The van der Waals surface area contributed by atoms with Crippen LogP contribution in [0.4, 0.5) is 16.2 Å². The Hall–Kier alpha value is -3.03. The number of para-hydroxylation sites is 2. The Labute approximate surface area is 156 Å². The van der Waals surface area contributed by atoms with Crippen molar-refractivity contribution in [3.8, 4) is 5.75 Å². The van der Waals surface area contributed by atoms with E-state index in [1.165, 1.54) is 24.3 Å². The summed E-state index contributed by atoms with van der Waals surface area (Å²) in [5, 5.41) is 15.5. The molecule has 9 heteroatoms. The fourth-order valence-electron chi connectivity index (χ4n) is 2.32. The molecule has 0 aliphatic heterocycles. The third-order valence-corrected chi connectivity index (χ3v) is 4.17. The van der Waals surface area contributed by atoms with Gasteiger partial charge in [-0.3, -0.25) is 9.59 Å². The SMILES string of the molecule is O=C(Nc1c(Cl)cccc1Cl)Nc1c(O)c2ccccc2[nH]c(=O)c1=O. The van der Waals surface area contributed by atoms with Gasteiger partial charge < -0.3 is 20.7 Å². The molecule has 1 heterocycles. The normalized spacial score (nSPS) is 10.5. The Morgan fingerprint density at radius 3 is 2.23 bits per heavy atom. The molecule has 3 rings (SSSR count). The van der Waals surface area contributed by atoms with Crippen molar-refractivity contribution in [3.63, 3.8) is 0 Å². The molecule has 0 saturated carbocycles. The standard InChI is InChI=1S/C17H11Cl2N3O4/c18-9-5-3-6-10(19)12(9)21-17(26)22-13-14(23)8-4-1-2-7-11(8)20-16(25)15(13)24/h1-7H,(H4,20,21,22,23,24,25,26). The molecule has 7 nitrogen and oxygen atoms in total. The zero-order valence-corrected chi connectivity index (χ0v) is 14.5. The molecule has 0 radical (unpaired) electrons. The fraction of sp³-hybridized carbons (Fsp3) is 0. The number of H-pyrrole nitrogens is 1. The van der Waals surface area contributed by atoms with E-state index in [1.54, 1.807) is 18.2 Å². The second-order valence-electron chi connectivity index (χ2n) is 5.23. The summed E-state index contributed by atoms with van der Waals surface area (Å²) in [7, 11) is 0. The van der Waals surface area contributed by atoms with E-state index in [2.05, 4.69) is 15.6 Å². The monoisotopic (exact) mass is 391 g/mol. The van der Waals surface area contributed by atoms with Crippen molar-refractivity contribution in [2.75, 3.05) is 10.6 Å². The highest BCUT2D eigenvalue weighted by atomic mass is 35.5. The van der Waals surface area contributed by atoms with Gasteiger partial charge in [-0.25, -0.2) is 4.79 Å². The van der Waals surface area contributed by atoms with Crippen LogP contribution in [-0.4, -0.2) is 16.1 Å². The van der Waals surface area contributed by atoms with Gasteiger partial charge >= 0.3 is 6.03 Å². The van der Waals surface area contributed by atoms with Crippen molar-refractivity contribution in [2.45, 2.75) is 0 Å². The lowest BCUT2D eigenvalue weighted by Gasteiger charge is -2.10. The summed E-state index contributed by atoms with van der Waals surface area (Å²) in [6.45, 7) is 0. The smallest absolute Gasteiger partial charge is 0.323 e. The van der Waals surface area contributed by atoms with Crippen LogP contribution in [0.25, 0.3) is 10.9 Å². The van der Waals surface area contributed by atoms with Crippen LogP contribution in [-0.2, 0) is 0 Å². The van der Waals surface area contributed by atoms with Crippen LogP contribution in [0.5, 0.6) is 5.75 Å². The van der Waals surface area contributed by atoms with Crippen LogP contribution >= 0.6 is 23.2 Å². The van der Waals surface area contributed by atoms with Gasteiger partial charge in [0.2, 0.25) is 0 Å². The van der Waals surface area contributed by atoms with Crippen molar-refractivity contribution in [1.82, 2.24) is 4.98 Å². The van der Waals surface area contributed by atoms with Gasteiger partial charge in [-0.1, -0.05) is 41.4 Å². The van der Waals surface area contributed by atoms with Crippen LogP contribution in [0.3, 0.4) is 0 Å². The number of hydrogen-bond donors (Lipinski definition) is 4.